The fourth-order valence-corrected chi connectivity index (χ4v) is 5.19. The summed E-state index contributed by atoms with van der Waals surface area (Å²) in [4.78, 5) is 0.631. The first-order chi connectivity index (χ1) is 9.40. The van der Waals surface area contributed by atoms with Crippen LogP contribution in [0.25, 0.3) is 0 Å². The summed E-state index contributed by atoms with van der Waals surface area (Å²) in [6, 6.07) is 5.54. The molecule has 0 heterocycles. The van der Waals surface area contributed by atoms with E-state index in [0.717, 1.165) is 36.8 Å². The summed E-state index contributed by atoms with van der Waals surface area (Å²) in [7, 11) is -3.44. The van der Waals surface area contributed by atoms with E-state index in [9.17, 15) is 8.42 Å². The number of aryl methyl sites for hydroxylation is 2. The van der Waals surface area contributed by atoms with Crippen molar-refractivity contribution in [2.45, 2.75) is 61.7 Å². The molecule has 3 nitrogen and oxygen atoms in total. The molecule has 2 rings (SSSR count). The van der Waals surface area contributed by atoms with Crippen LogP contribution in [0, 0.1) is 13.8 Å². The van der Waals surface area contributed by atoms with E-state index < -0.39 is 10.0 Å². The predicted octanol–water partition coefficient (Wildman–Crippen LogP) is 3.68. The zero-order valence-electron chi connectivity index (χ0n) is 12.0. The lowest BCUT2D eigenvalue weighted by Crippen LogP contribution is -2.40. The first-order valence-corrected chi connectivity index (χ1v) is 9.54. The van der Waals surface area contributed by atoms with Gasteiger partial charge in [0.05, 0.1) is 4.90 Å². The van der Waals surface area contributed by atoms with Crippen LogP contribution in [-0.4, -0.2) is 19.3 Å². The van der Waals surface area contributed by atoms with Gasteiger partial charge in [-0.25, -0.2) is 13.1 Å². The number of halogens is 1. The van der Waals surface area contributed by atoms with Gasteiger partial charge in [0.2, 0.25) is 10.0 Å². The number of hydrogen-bond acceptors (Lipinski definition) is 2. The Labute approximate surface area is 130 Å². The summed E-state index contributed by atoms with van der Waals surface area (Å²) in [6.45, 7) is 3.75. The van der Waals surface area contributed by atoms with Crippen LogP contribution in [0.1, 0.15) is 43.2 Å². The lowest BCUT2D eigenvalue weighted by Gasteiger charge is -2.22. The summed E-state index contributed by atoms with van der Waals surface area (Å²) in [5.74, 6) is 0. The maximum atomic E-state index is 12.6. The average molecular weight is 360 g/mol. The molecule has 1 aromatic rings. The average Bonchev–Trinajstić information content (AvgIpc) is 2.57. The zero-order chi connectivity index (χ0) is 14.8. The van der Waals surface area contributed by atoms with Gasteiger partial charge < -0.3 is 0 Å². The molecule has 1 N–H and O–H groups in total. The second kappa shape index (κ2) is 6.58. The molecular formula is C15H22BrNO2S. The van der Waals surface area contributed by atoms with Crippen molar-refractivity contribution in [2.24, 2.45) is 0 Å². The highest BCUT2D eigenvalue weighted by molar-refractivity contribution is 9.09. The van der Waals surface area contributed by atoms with Crippen LogP contribution in [0.5, 0.6) is 0 Å². The van der Waals surface area contributed by atoms with Crippen LogP contribution >= 0.6 is 15.9 Å². The van der Waals surface area contributed by atoms with Crippen molar-refractivity contribution in [2.75, 3.05) is 0 Å². The van der Waals surface area contributed by atoms with E-state index in [1.165, 1.54) is 6.42 Å². The molecule has 0 radical (unpaired) electrons. The summed E-state index contributed by atoms with van der Waals surface area (Å²) in [6.07, 6.45) is 5.36. The first-order valence-electron chi connectivity index (χ1n) is 7.14. The van der Waals surface area contributed by atoms with Crippen LogP contribution < -0.4 is 4.72 Å². The van der Waals surface area contributed by atoms with Crippen molar-refractivity contribution in [1.29, 1.82) is 0 Å². The van der Waals surface area contributed by atoms with E-state index in [0.29, 0.717) is 4.90 Å². The smallest absolute Gasteiger partial charge is 0.207 e. The molecule has 1 aliphatic rings. The molecule has 0 aromatic heterocycles. The van der Waals surface area contributed by atoms with Gasteiger partial charge in [-0.15, -0.1) is 0 Å². The fourth-order valence-electron chi connectivity index (χ4n) is 2.65. The lowest BCUT2D eigenvalue weighted by atomic mass is 10.1. The molecule has 0 saturated heterocycles. The maximum absolute atomic E-state index is 12.6. The summed E-state index contributed by atoms with van der Waals surface area (Å²) < 4.78 is 28.1. The Kier molecular flexibility index (Phi) is 5.26. The van der Waals surface area contributed by atoms with E-state index in [1.54, 1.807) is 6.07 Å². The first kappa shape index (κ1) is 16.0. The number of rotatable bonds is 3. The third kappa shape index (κ3) is 3.83. The Morgan fingerprint density at radius 1 is 1.15 bits per heavy atom. The second-order valence-electron chi connectivity index (χ2n) is 5.65. The van der Waals surface area contributed by atoms with Crippen molar-refractivity contribution in [3.05, 3.63) is 29.3 Å². The van der Waals surface area contributed by atoms with Crippen LogP contribution in [-0.2, 0) is 10.0 Å². The normalized spacial score (nSPS) is 24.4. The Hall–Kier alpha value is -0.390. The van der Waals surface area contributed by atoms with Gasteiger partial charge in [0.25, 0.3) is 0 Å². The van der Waals surface area contributed by atoms with Gasteiger partial charge in [-0.05, 0) is 43.9 Å². The monoisotopic (exact) mass is 359 g/mol. The Morgan fingerprint density at radius 3 is 2.60 bits per heavy atom. The number of benzene rings is 1. The number of hydrogen-bond donors (Lipinski definition) is 1. The molecule has 1 aliphatic carbocycles. The van der Waals surface area contributed by atoms with Gasteiger partial charge in [0, 0.05) is 10.9 Å². The molecule has 0 aliphatic heterocycles. The van der Waals surface area contributed by atoms with E-state index in [4.69, 9.17) is 0 Å². The third-order valence-electron chi connectivity index (χ3n) is 3.87. The van der Waals surface area contributed by atoms with E-state index in [1.807, 2.05) is 26.0 Å². The lowest BCUT2D eigenvalue weighted by molar-refractivity contribution is 0.520. The molecule has 20 heavy (non-hydrogen) atoms. The van der Waals surface area contributed by atoms with Crippen LogP contribution in [0.15, 0.2) is 23.1 Å². The fraction of sp³-hybridized carbons (Fsp3) is 0.600. The van der Waals surface area contributed by atoms with Gasteiger partial charge in [-0.2, -0.15) is 0 Å². The molecule has 112 valence electrons. The van der Waals surface area contributed by atoms with Crippen LogP contribution in [0.2, 0.25) is 0 Å². The van der Waals surface area contributed by atoms with E-state index in [2.05, 4.69) is 20.7 Å². The topological polar surface area (TPSA) is 46.2 Å². The minimum absolute atomic E-state index is 0.0117. The quantitative estimate of drug-likeness (QED) is 0.660. The summed E-state index contributed by atoms with van der Waals surface area (Å²) in [5, 5.41) is 0. The molecular weight excluding hydrogens is 338 g/mol. The Balaban J connectivity index is 2.24. The molecule has 0 amide bonds. The predicted molar refractivity (Wildman–Crippen MR) is 85.8 cm³/mol. The summed E-state index contributed by atoms with van der Waals surface area (Å²) >= 11 is 3.64. The Morgan fingerprint density at radius 2 is 1.85 bits per heavy atom. The number of sulfonamides is 1. The SMILES string of the molecule is Cc1ccc(C)c(S(=O)(=O)NC2CCCCCC2Br)c1. The second-order valence-corrected chi connectivity index (χ2v) is 8.51. The Bertz CT molecular complexity index is 571. The van der Waals surface area contributed by atoms with Gasteiger partial charge in [0.1, 0.15) is 0 Å². The van der Waals surface area contributed by atoms with Gasteiger partial charge in [-0.3, -0.25) is 0 Å². The van der Waals surface area contributed by atoms with E-state index in [-0.39, 0.29) is 10.9 Å². The third-order valence-corrected chi connectivity index (χ3v) is 6.60. The highest BCUT2D eigenvalue weighted by Gasteiger charge is 2.27. The van der Waals surface area contributed by atoms with E-state index >= 15 is 0 Å². The maximum Gasteiger partial charge on any atom is 0.241 e. The molecule has 1 saturated carbocycles. The molecule has 5 heteroatoms. The highest BCUT2D eigenvalue weighted by atomic mass is 79.9. The number of alkyl halides is 1. The van der Waals surface area contributed by atoms with Gasteiger partial charge in [-0.1, -0.05) is 47.3 Å². The number of nitrogens with one attached hydrogen (secondary N) is 1. The van der Waals surface area contributed by atoms with Crippen molar-refractivity contribution < 1.29 is 8.42 Å². The highest BCUT2D eigenvalue weighted by Crippen LogP contribution is 2.26. The molecule has 0 spiro atoms. The van der Waals surface area contributed by atoms with Gasteiger partial charge >= 0.3 is 0 Å². The van der Waals surface area contributed by atoms with Gasteiger partial charge in [0.15, 0.2) is 0 Å². The minimum atomic E-state index is -3.44. The standard InChI is InChI=1S/C15H22BrNO2S/c1-11-8-9-12(2)15(10-11)20(18,19)17-14-7-5-3-4-6-13(14)16/h8-10,13-14,17H,3-7H2,1-2H3. The largest absolute Gasteiger partial charge is 0.241 e. The van der Waals surface area contributed by atoms with Crippen molar-refractivity contribution in [3.8, 4) is 0 Å². The van der Waals surface area contributed by atoms with Crippen LogP contribution in [0.4, 0.5) is 0 Å². The zero-order valence-corrected chi connectivity index (χ0v) is 14.4. The summed E-state index contributed by atoms with van der Waals surface area (Å²) in [5.41, 5.74) is 1.76. The minimum Gasteiger partial charge on any atom is -0.207 e. The van der Waals surface area contributed by atoms with Crippen molar-refractivity contribution in [1.82, 2.24) is 4.72 Å². The van der Waals surface area contributed by atoms with Crippen LogP contribution in [0.3, 0.4) is 0 Å². The van der Waals surface area contributed by atoms with Crippen molar-refractivity contribution >= 4 is 26.0 Å². The molecule has 1 aromatic carbocycles. The molecule has 0 bridgehead atoms. The molecule has 2 unspecified atom stereocenters. The molecule has 1 fully saturated rings. The molecule has 2 atom stereocenters. The van der Waals surface area contributed by atoms with Crippen molar-refractivity contribution in [3.63, 3.8) is 0 Å².